The molecule has 4 rings (SSSR count). The lowest BCUT2D eigenvalue weighted by molar-refractivity contribution is 0.0600. The Kier molecular flexibility index (Phi) is 5.87. The average molecular weight is 446 g/mol. The van der Waals surface area contributed by atoms with Crippen molar-refractivity contribution in [2.75, 3.05) is 19.1 Å². The van der Waals surface area contributed by atoms with Gasteiger partial charge in [0.15, 0.2) is 5.75 Å². The fourth-order valence-electron chi connectivity index (χ4n) is 4.37. The van der Waals surface area contributed by atoms with Gasteiger partial charge in [-0.1, -0.05) is 45.9 Å². The number of aromatic nitrogens is 2. The first-order valence-corrected chi connectivity index (χ1v) is 11.2. The molecular weight excluding hydrogens is 414 g/mol. The molecule has 0 saturated heterocycles. The van der Waals surface area contributed by atoms with E-state index in [1.165, 1.54) is 30.6 Å². The largest absolute Gasteiger partial charge is 0.465 e. The number of methoxy groups -OCH3 is 1. The zero-order valence-electron chi connectivity index (χ0n) is 20.2. The van der Waals surface area contributed by atoms with Crippen LogP contribution in [0, 0.1) is 0 Å². The minimum atomic E-state index is -0.463. The third kappa shape index (κ3) is 4.42. The maximum Gasteiger partial charge on any atom is 0.341 e. The molecule has 1 heterocycles. The first-order chi connectivity index (χ1) is 15.6. The number of carbonyl (C=O) groups is 1. The summed E-state index contributed by atoms with van der Waals surface area (Å²) in [7, 11) is 3.25. The highest BCUT2D eigenvalue weighted by molar-refractivity contribution is 5.88. The summed E-state index contributed by atoms with van der Waals surface area (Å²) in [5, 5.41) is 0. The van der Waals surface area contributed by atoms with E-state index in [9.17, 15) is 4.79 Å². The first kappa shape index (κ1) is 22.8. The van der Waals surface area contributed by atoms with Gasteiger partial charge in [0.1, 0.15) is 5.75 Å². The second-order valence-corrected chi connectivity index (χ2v) is 9.87. The number of para-hydroxylation sites is 1. The number of hydrogen-bond donors (Lipinski definition) is 0. The molecule has 0 bridgehead atoms. The quantitative estimate of drug-likeness (QED) is 0.438. The van der Waals surface area contributed by atoms with Crippen molar-refractivity contribution in [2.45, 2.75) is 51.4 Å². The zero-order chi connectivity index (χ0) is 23.8. The molecule has 1 aromatic heterocycles. The number of hydrogen-bond acceptors (Lipinski definition) is 6. The van der Waals surface area contributed by atoms with Crippen LogP contribution in [0.1, 0.15) is 62.0 Å². The van der Waals surface area contributed by atoms with E-state index >= 15 is 0 Å². The highest BCUT2D eigenvalue weighted by Crippen LogP contribution is 2.50. The van der Waals surface area contributed by atoms with E-state index in [2.05, 4.69) is 49.8 Å². The van der Waals surface area contributed by atoms with Crippen molar-refractivity contribution >= 4 is 17.6 Å². The Labute approximate surface area is 195 Å². The van der Waals surface area contributed by atoms with Gasteiger partial charge in [-0.3, -0.25) is 0 Å². The Morgan fingerprint density at radius 2 is 1.52 bits per heavy atom. The maximum absolute atomic E-state index is 11.8. The number of anilines is 2. The van der Waals surface area contributed by atoms with Crippen LogP contribution in [-0.4, -0.2) is 30.1 Å². The molecule has 1 aliphatic carbocycles. The molecule has 0 unspecified atom stereocenters. The average Bonchev–Trinajstić information content (AvgIpc) is 2.81. The van der Waals surface area contributed by atoms with Gasteiger partial charge >= 0.3 is 5.97 Å². The monoisotopic (exact) mass is 445 g/mol. The van der Waals surface area contributed by atoms with Crippen LogP contribution < -0.4 is 9.64 Å². The molecule has 0 fully saturated rings. The van der Waals surface area contributed by atoms with Crippen LogP contribution in [0.25, 0.3) is 0 Å². The molecule has 2 aromatic carbocycles. The summed E-state index contributed by atoms with van der Waals surface area (Å²) in [6.07, 6.45) is 5.19. The van der Waals surface area contributed by atoms with E-state index in [0.717, 1.165) is 30.0 Å². The number of esters is 1. The molecule has 1 aliphatic rings. The van der Waals surface area contributed by atoms with Gasteiger partial charge in [-0.25, -0.2) is 14.8 Å². The molecule has 172 valence electrons. The summed E-state index contributed by atoms with van der Waals surface area (Å²) >= 11 is 0. The lowest BCUT2D eigenvalue weighted by atomic mass is 9.63. The molecule has 0 saturated carbocycles. The summed E-state index contributed by atoms with van der Waals surface area (Å²) in [5.41, 5.74) is 3.89. The molecule has 3 aromatic rings. The number of carbonyl (C=O) groups excluding carboxylic acids is 1. The Hall–Kier alpha value is -3.41. The van der Waals surface area contributed by atoms with Crippen molar-refractivity contribution in [3.63, 3.8) is 0 Å². The van der Waals surface area contributed by atoms with Gasteiger partial charge in [0.25, 0.3) is 0 Å². The maximum atomic E-state index is 11.8. The van der Waals surface area contributed by atoms with Crippen LogP contribution >= 0.6 is 0 Å². The first-order valence-electron chi connectivity index (χ1n) is 11.2. The van der Waals surface area contributed by atoms with E-state index in [0.29, 0.717) is 11.5 Å². The van der Waals surface area contributed by atoms with Crippen molar-refractivity contribution in [1.82, 2.24) is 9.97 Å². The number of ether oxygens (including phenoxy) is 2. The Morgan fingerprint density at radius 3 is 2.09 bits per heavy atom. The van der Waals surface area contributed by atoms with Crippen LogP contribution in [0.15, 0.2) is 54.9 Å². The van der Waals surface area contributed by atoms with Gasteiger partial charge in [-0.05, 0) is 59.1 Å². The molecule has 0 N–H and O–H groups in total. The van der Waals surface area contributed by atoms with Crippen molar-refractivity contribution in [2.24, 2.45) is 0 Å². The fraction of sp³-hybridized carbons (Fsp3) is 0.370. The lowest BCUT2D eigenvalue weighted by Gasteiger charge is -2.42. The van der Waals surface area contributed by atoms with Crippen LogP contribution in [0.4, 0.5) is 11.6 Å². The van der Waals surface area contributed by atoms with Gasteiger partial charge < -0.3 is 14.4 Å². The predicted octanol–water partition coefficient (Wildman–Crippen LogP) is 6.17. The van der Waals surface area contributed by atoms with Crippen LogP contribution in [-0.2, 0) is 15.6 Å². The Balaban J connectivity index is 1.83. The minimum absolute atomic E-state index is 0.0430. The van der Waals surface area contributed by atoms with Gasteiger partial charge in [-0.2, -0.15) is 0 Å². The highest BCUT2D eigenvalue weighted by atomic mass is 16.5. The van der Waals surface area contributed by atoms with E-state index in [4.69, 9.17) is 9.47 Å². The van der Waals surface area contributed by atoms with Gasteiger partial charge in [0.05, 0.1) is 18.4 Å². The SMILES string of the molecule is COC(=O)c1cnc(N(C)c2cc3c(cc2Oc2ccccc2)C(C)(C)CCC3(C)C)nc1. The molecule has 33 heavy (non-hydrogen) atoms. The topological polar surface area (TPSA) is 64.5 Å². The van der Waals surface area contributed by atoms with Gasteiger partial charge in [0.2, 0.25) is 5.95 Å². The van der Waals surface area contributed by atoms with Crippen LogP contribution in [0.5, 0.6) is 11.5 Å². The fourth-order valence-corrected chi connectivity index (χ4v) is 4.37. The summed E-state index contributed by atoms with van der Waals surface area (Å²) in [4.78, 5) is 22.5. The van der Waals surface area contributed by atoms with Crippen LogP contribution in [0.3, 0.4) is 0 Å². The molecule has 6 heteroatoms. The van der Waals surface area contributed by atoms with Crippen molar-refractivity contribution in [3.05, 3.63) is 71.5 Å². The summed E-state index contributed by atoms with van der Waals surface area (Å²) in [6.45, 7) is 9.19. The van der Waals surface area contributed by atoms with Crippen LogP contribution in [0.2, 0.25) is 0 Å². The van der Waals surface area contributed by atoms with E-state index in [1.807, 2.05) is 42.3 Å². The van der Waals surface area contributed by atoms with E-state index < -0.39 is 5.97 Å². The van der Waals surface area contributed by atoms with Gasteiger partial charge in [-0.15, -0.1) is 0 Å². The molecule has 0 spiro atoms. The van der Waals surface area contributed by atoms with Crippen molar-refractivity contribution < 1.29 is 14.3 Å². The lowest BCUT2D eigenvalue weighted by Crippen LogP contribution is -2.34. The summed E-state index contributed by atoms with van der Waals surface area (Å²) in [6, 6.07) is 14.2. The van der Waals surface area contributed by atoms with E-state index in [1.54, 1.807) is 0 Å². The predicted molar refractivity (Wildman–Crippen MR) is 130 cm³/mol. The normalized spacial score (nSPS) is 15.9. The minimum Gasteiger partial charge on any atom is -0.465 e. The Morgan fingerprint density at radius 1 is 0.939 bits per heavy atom. The zero-order valence-corrected chi connectivity index (χ0v) is 20.2. The highest BCUT2D eigenvalue weighted by Gasteiger charge is 2.38. The van der Waals surface area contributed by atoms with Crippen molar-refractivity contribution in [1.29, 1.82) is 0 Å². The third-order valence-electron chi connectivity index (χ3n) is 6.62. The van der Waals surface area contributed by atoms with Gasteiger partial charge in [0, 0.05) is 19.4 Å². The molecular formula is C27H31N3O3. The second-order valence-electron chi connectivity index (χ2n) is 9.87. The smallest absolute Gasteiger partial charge is 0.341 e. The molecule has 0 amide bonds. The number of nitrogens with zero attached hydrogens (tertiary/aromatic N) is 3. The molecule has 0 radical (unpaired) electrons. The standard InChI is InChI=1S/C27H31N3O3/c1-26(2)12-13-27(3,4)21-15-23(33-19-10-8-7-9-11-19)22(14-20(21)26)30(5)25-28-16-18(17-29-25)24(31)32-6/h7-11,14-17H,12-13H2,1-6H3. The molecule has 6 nitrogen and oxygen atoms in total. The number of fused-ring (bicyclic) bond motifs is 1. The molecule has 0 aliphatic heterocycles. The number of rotatable bonds is 5. The summed E-state index contributed by atoms with van der Waals surface area (Å²) < 4.78 is 11.1. The summed E-state index contributed by atoms with van der Waals surface area (Å²) in [5.74, 6) is 1.51. The second kappa shape index (κ2) is 8.50. The number of benzene rings is 2. The van der Waals surface area contributed by atoms with Crippen molar-refractivity contribution in [3.8, 4) is 11.5 Å². The third-order valence-corrected chi connectivity index (χ3v) is 6.62. The Bertz CT molecular complexity index is 1160. The van der Waals surface area contributed by atoms with E-state index in [-0.39, 0.29) is 10.8 Å². The molecule has 0 atom stereocenters.